The Morgan fingerprint density at radius 2 is 2.11 bits per heavy atom. The Kier molecular flexibility index (Phi) is 3.57. The lowest BCUT2D eigenvalue weighted by Crippen LogP contribution is -2.25. The molecule has 7 nitrogen and oxygen atoms in total. The van der Waals surface area contributed by atoms with Gasteiger partial charge < -0.3 is 5.32 Å². The van der Waals surface area contributed by atoms with Gasteiger partial charge >= 0.3 is 0 Å². The van der Waals surface area contributed by atoms with Crippen molar-refractivity contribution in [2.75, 3.05) is 17.3 Å². The van der Waals surface area contributed by atoms with Gasteiger partial charge in [-0.05, 0) is 11.3 Å². The first-order valence-electron chi connectivity index (χ1n) is 6.33. The molecule has 0 aliphatic heterocycles. The van der Waals surface area contributed by atoms with E-state index in [4.69, 9.17) is 5.84 Å². The first kappa shape index (κ1) is 13.5. The molecule has 0 aliphatic carbocycles. The molecule has 0 fully saturated rings. The predicted molar refractivity (Wildman–Crippen MR) is 76.6 cm³/mol. The van der Waals surface area contributed by atoms with Gasteiger partial charge in [0.1, 0.15) is 5.82 Å². The second-order valence-corrected chi connectivity index (χ2v) is 5.82. The highest BCUT2D eigenvalue weighted by Crippen LogP contribution is 2.26. The van der Waals surface area contributed by atoms with Crippen LogP contribution in [-0.2, 0) is 0 Å². The number of H-pyrrole nitrogens is 1. The number of nitrogens with zero attached hydrogens (tertiary/aromatic N) is 3. The normalized spacial score (nSPS) is 13.5. The number of anilines is 2. The van der Waals surface area contributed by atoms with Crippen molar-refractivity contribution in [3.8, 4) is 0 Å². The zero-order valence-electron chi connectivity index (χ0n) is 11.8. The van der Waals surface area contributed by atoms with Crippen LogP contribution in [0.2, 0.25) is 0 Å². The highest BCUT2D eigenvalue weighted by atomic mass is 15.3. The van der Waals surface area contributed by atoms with Crippen molar-refractivity contribution >= 4 is 22.8 Å². The van der Waals surface area contributed by atoms with E-state index >= 15 is 0 Å². The van der Waals surface area contributed by atoms with Crippen molar-refractivity contribution in [3.63, 3.8) is 0 Å². The molecule has 2 aromatic rings. The zero-order chi connectivity index (χ0) is 14.0. The van der Waals surface area contributed by atoms with E-state index < -0.39 is 0 Å². The van der Waals surface area contributed by atoms with Gasteiger partial charge in [0.15, 0.2) is 5.65 Å². The van der Waals surface area contributed by atoms with E-state index in [-0.39, 0.29) is 5.41 Å². The number of hydrazine groups is 1. The zero-order valence-corrected chi connectivity index (χ0v) is 11.8. The molecule has 0 bridgehead atoms. The molecule has 2 aromatic heterocycles. The maximum absolute atomic E-state index is 5.37. The molecule has 1 unspecified atom stereocenters. The number of hydrogen-bond donors (Lipinski definition) is 4. The van der Waals surface area contributed by atoms with Crippen LogP contribution in [0.4, 0.5) is 11.8 Å². The van der Waals surface area contributed by atoms with E-state index in [0.29, 0.717) is 17.5 Å². The second-order valence-electron chi connectivity index (χ2n) is 5.82. The van der Waals surface area contributed by atoms with E-state index in [9.17, 15) is 0 Å². The standard InChI is InChI=1S/C12H21N7/c1-7(12(2,3)4)5-14-9-8-6-15-19-10(8)17-11(16-9)18-13/h6-7H,5,13H2,1-4H3,(H3,14,15,16,17,18,19). The van der Waals surface area contributed by atoms with Crippen molar-refractivity contribution in [3.05, 3.63) is 6.20 Å². The fourth-order valence-corrected chi connectivity index (χ4v) is 1.59. The second kappa shape index (κ2) is 5.00. The third kappa shape index (κ3) is 2.93. The van der Waals surface area contributed by atoms with Gasteiger partial charge in [0, 0.05) is 6.54 Å². The molecule has 0 saturated carbocycles. The lowest BCUT2D eigenvalue weighted by Gasteiger charge is -2.27. The van der Waals surface area contributed by atoms with Gasteiger partial charge in [-0.3, -0.25) is 10.5 Å². The molecule has 1 atom stereocenters. The topological polar surface area (TPSA) is 105 Å². The molecular weight excluding hydrogens is 242 g/mol. The molecule has 104 valence electrons. The minimum Gasteiger partial charge on any atom is -0.369 e. The van der Waals surface area contributed by atoms with Crippen LogP contribution in [0.25, 0.3) is 11.0 Å². The van der Waals surface area contributed by atoms with Crippen LogP contribution >= 0.6 is 0 Å². The smallest absolute Gasteiger partial charge is 0.241 e. The molecule has 19 heavy (non-hydrogen) atoms. The fourth-order valence-electron chi connectivity index (χ4n) is 1.59. The third-order valence-corrected chi connectivity index (χ3v) is 3.49. The SMILES string of the molecule is CC(CNc1nc(NN)nc2[nH]ncc12)C(C)(C)C. The van der Waals surface area contributed by atoms with E-state index in [1.54, 1.807) is 6.20 Å². The van der Waals surface area contributed by atoms with Crippen LogP contribution in [0, 0.1) is 11.3 Å². The minimum absolute atomic E-state index is 0.241. The first-order chi connectivity index (χ1) is 8.91. The Hall–Kier alpha value is -1.89. The lowest BCUT2D eigenvalue weighted by molar-refractivity contribution is 0.274. The number of nitrogens with two attached hydrogens (primary N) is 1. The minimum atomic E-state index is 0.241. The summed E-state index contributed by atoms with van der Waals surface area (Å²) in [6, 6.07) is 0. The number of aromatic amines is 1. The quantitative estimate of drug-likeness (QED) is 0.494. The average Bonchev–Trinajstić information content (AvgIpc) is 2.82. The van der Waals surface area contributed by atoms with Crippen molar-refractivity contribution in [2.45, 2.75) is 27.7 Å². The number of nitrogens with one attached hydrogen (secondary N) is 3. The molecule has 0 spiro atoms. The molecule has 2 rings (SSSR count). The van der Waals surface area contributed by atoms with Crippen LogP contribution in [0.15, 0.2) is 6.20 Å². The molecule has 7 heteroatoms. The van der Waals surface area contributed by atoms with Gasteiger partial charge in [-0.2, -0.15) is 15.1 Å². The fraction of sp³-hybridized carbons (Fsp3) is 0.583. The Balaban J connectivity index is 2.22. The lowest BCUT2D eigenvalue weighted by atomic mass is 9.82. The molecular formula is C12H21N7. The first-order valence-corrected chi connectivity index (χ1v) is 6.33. The number of fused-ring (bicyclic) bond motifs is 1. The average molecular weight is 263 g/mol. The summed E-state index contributed by atoms with van der Waals surface area (Å²) < 4.78 is 0. The number of hydrogen-bond acceptors (Lipinski definition) is 6. The van der Waals surface area contributed by atoms with E-state index in [1.807, 2.05) is 0 Å². The summed E-state index contributed by atoms with van der Waals surface area (Å²) in [4.78, 5) is 8.51. The summed E-state index contributed by atoms with van der Waals surface area (Å²) in [7, 11) is 0. The van der Waals surface area contributed by atoms with Crippen LogP contribution in [0.5, 0.6) is 0 Å². The highest BCUT2D eigenvalue weighted by molar-refractivity contribution is 5.86. The van der Waals surface area contributed by atoms with Crippen molar-refractivity contribution < 1.29 is 0 Å². The summed E-state index contributed by atoms with van der Waals surface area (Å²) in [5, 5.41) is 11.0. The van der Waals surface area contributed by atoms with Crippen LogP contribution in [0.1, 0.15) is 27.7 Å². The van der Waals surface area contributed by atoms with Gasteiger partial charge in [0.05, 0.1) is 11.6 Å². The van der Waals surface area contributed by atoms with Crippen molar-refractivity contribution in [2.24, 2.45) is 17.2 Å². The Morgan fingerprint density at radius 1 is 1.37 bits per heavy atom. The van der Waals surface area contributed by atoms with Gasteiger partial charge in [-0.15, -0.1) is 0 Å². The van der Waals surface area contributed by atoms with E-state index in [0.717, 1.165) is 17.7 Å². The summed E-state index contributed by atoms with van der Waals surface area (Å²) in [5.74, 6) is 6.97. The largest absolute Gasteiger partial charge is 0.369 e. The van der Waals surface area contributed by atoms with Crippen LogP contribution in [0.3, 0.4) is 0 Å². The maximum atomic E-state index is 5.37. The van der Waals surface area contributed by atoms with Gasteiger partial charge in [0.2, 0.25) is 5.95 Å². The third-order valence-electron chi connectivity index (χ3n) is 3.49. The van der Waals surface area contributed by atoms with Crippen LogP contribution < -0.4 is 16.6 Å². The Morgan fingerprint density at radius 3 is 2.74 bits per heavy atom. The number of rotatable bonds is 4. The molecule has 0 amide bonds. The van der Waals surface area contributed by atoms with Gasteiger partial charge in [0.25, 0.3) is 0 Å². The maximum Gasteiger partial charge on any atom is 0.241 e. The highest BCUT2D eigenvalue weighted by Gasteiger charge is 2.20. The van der Waals surface area contributed by atoms with E-state index in [2.05, 4.69) is 58.6 Å². The molecule has 2 heterocycles. The number of aromatic nitrogens is 4. The molecule has 0 radical (unpaired) electrons. The van der Waals surface area contributed by atoms with Gasteiger partial charge in [-0.1, -0.05) is 27.7 Å². The van der Waals surface area contributed by atoms with Gasteiger partial charge in [-0.25, -0.2) is 5.84 Å². The van der Waals surface area contributed by atoms with Crippen LogP contribution in [-0.4, -0.2) is 26.7 Å². The monoisotopic (exact) mass is 263 g/mol. The van der Waals surface area contributed by atoms with Crippen molar-refractivity contribution in [1.82, 2.24) is 20.2 Å². The molecule has 5 N–H and O–H groups in total. The summed E-state index contributed by atoms with van der Waals surface area (Å²) in [5.41, 5.74) is 3.36. The Bertz CT molecular complexity index is 555. The summed E-state index contributed by atoms with van der Waals surface area (Å²) in [6.07, 6.45) is 1.71. The molecule has 0 saturated heterocycles. The summed E-state index contributed by atoms with van der Waals surface area (Å²) >= 11 is 0. The number of nitrogen functional groups attached to an aromatic ring is 1. The Labute approximate surface area is 112 Å². The molecule has 0 aliphatic rings. The van der Waals surface area contributed by atoms with E-state index in [1.165, 1.54) is 0 Å². The van der Waals surface area contributed by atoms with Crippen molar-refractivity contribution in [1.29, 1.82) is 0 Å². The molecule has 0 aromatic carbocycles. The summed E-state index contributed by atoms with van der Waals surface area (Å²) in [6.45, 7) is 9.70. The predicted octanol–water partition coefficient (Wildman–Crippen LogP) is 1.73.